The summed E-state index contributed by atoms with van der Waals surface area (Å²) < 4.78 is 44.1. The molecule has 4 rings (SSSR count). The fourth-order valence-electron chi connectivity index (χ4n) is 3.67. The Bertz CT molecular complexity index is 1190. The van der Waals surface area contributed by atoms with Gasteiger partial charge in [-0.2, -0.15) is 13.2 Å². The molecule has 0 radical (unpaired) electrons. The first-order valence-corrected chi connectivity index (χ1v) is 11.1. The van der Waals surface area contributed by atoms with E-state index in [-0.39, 0.29) is 19.0 Å². The highest BCUT2D eigenvalue weighted by atomic mass is 19.4. The molecular weight excluding hydrogens is 479 g/mol. The highest BCUT2D eigenvalue weighted by molar-refractivity contribution is 5.94. The number of nitrogens with one attached hydrogen (secondary N) is 2. The largest absolute Gasteiger partial charge is 0.434 e. The minimum Gasteiger partial charge on any atom is -0.388 e. The number of benzene rings is 1. The van der Waals surface area contributed by atoms with Crippen LogP contribution in [-0.2, 0) is 10.9 Å². The third kappa shape index (κ3) is 5.96. The monoisotopic (exact) mass is 503 g/mol. The van der Waals surface area contributed by atoms with Gasteiger partial charge in [-0.25, -0.2) is 4.98 Å². The molecule has 36 heavy (non-hydrogen) atoms. The predicted molar refractivity (Wildman–Crippen MR) is 123 cm³/mol. The Morgan fingerprint density at radius 2 is 1.83 bits per heavy atom. The second kappa shape index (κ2) is 10.6. The molecule has 1 aliphatic rings. The topological polar surface area (TPSA) is 129 Å². The van der Waals surface area contributed by atoms with Crippen LogP contribution in [0.25, 0.3) is 11.3 Å². The summed E-state index contributed by atoms with van der Waals surface area (Å²) in [4.78, 5) is 23.8. The zero-order valence-electron chi connectivity index (χ0n) is 19.1. The van der Waals surface area contributed by atoms with Crippen molar-refractivity contribution in [3.8, 4) is 11.3 Å². The van der Waals surface area contributed by atoms with Gasteiger partial charge in [0.1, 0.15) is 24.1 Å². The Morgan fingerprint density at radius 3 is 2.50 bits per heavy atom. The molecule has 4 atom stereocenters. The standard InChI is InChI=1S/C24H24F3N5O4/c1-13-2-4-14(5-3-13)16-7-6-15(8-29-16)23(35)30-9-18-22(34)21(33)17(12-36-18)31-20-11-28-10-19(32-20)24(25,26)27/h2-8,10-11,17-18,21-22,33-34H,9,12H2,1H3,(H,30,35)(H,31,32)/t17-,18+,21+,22-/m0/s1. The number of hydrogen-bond donors (Lipinski definition) is 4. The van der Waals surface area contributed by atoms with Crippen LogP contribution in [-0.4, -0.2) is 68.6 Å². The van der Waals surface area contributed by atoms with Crippen molar-refractivity contribution < 1.29 is 32.9 Å². The number of ether oxygens (including phenoxy) is 1. The van der Waals surface area contributed by atoms with Crippen LogP contribution in [0.15, 0.2) is 55.0 Å². The minimum absolute atomic E-state index is 0.104. The summed E-state index contributed by atoms with van der Waals surface area (Å²) in [5, 5.41) is 26.1. The summed E-state index contributed by atoms with van der Waals surface area (Å²) in [6, 6.07) is 10.2. The average Bonchev–Trinajstić information content (AvgIpc) is 2.86. The van der Waals surface area contributed by atoms with E-state index in [0.717, 1.165) is 17.3 Å². The third-order valence-electron chi connectivity index (χ3n) is 5.73. The number of amides is 1. The number of anilines is 1. The van der Waals surface area contributed by atoms with Gasteiger partial charge in [-0.1, -0.05) is 29.8 Å². The first-order valence-electron chi connectivity index (χ1n) is 11.1. The van der Waals surface area contributed by atoms with Crippen molar-refractivity contribution in [2.75, 3.05) is 18.5 Å². The van der Waals surface area contributed by atoms with Gasteiger partial charge in [-0.05, 0) is 19.1 Å². The van der Waals surface area contributed by atoms with Gasteiger partial charge in [0.05, 0.1) is 36.3 Å². The Balaban J connectivity index is 1.31. The number of pyridine rings is 1. The number of alkyl halides is 3. The Kier molecular flexibility index (Phi) is 7.48. The summed E-state index contributed by atoms with van der Waals surface area (Å²) in [5.41, 5.74) is 1.86. The maximum absolute atomic E-state index is 12.8. The molecule has 1 aliphatic heterocycles. The van der Waals surface area contributed by atoms with Crippen LogP contribution in [0.4, 0.5) is 19.0 Å². The quantitative estimate of drug-likeness (QED) is 0.403. The number of aliphatic hydroxyl groups excluding tert-OH is 2. The van der Waals surface area contributed by atoms with Crippen LogP contribution in [0.2, 0.25) is 0 Å². The average molecular weight is 503 g/mol. The lowest BCUT2D eigenvalue weighted by Crippen LogP contribution is -2.58. The molecule has 12 heteroatoms. The fourth-order valence-corrected chi connectivity index (χ4v) is 3.67. The number of nitrogens with zero attached hydrogens (tertiary/aromatic N) is 3. The molecule has 3 aromatic rings. The molecule has 0 spiro atoms. The van der Waals surface area contributed by atoms with E-state index in [4.69, 9.17) is 4.74 Å². The van der Waals surface area contributed by atoms with Crippen molar-refractivity contribution in [2.24, 2.45) is 0 Å². The van der Waals surface area contributed by atoms with Crippen molar-refractivity contribution in [3.05, 3.63) is 71.8 Å². The maximum Gasteiger partial charge on any atom is 0.434 e. The molecule has 1 aromatic carbocycles. The van der Waals surface area contributed by atoms with Crippen LogP contribution in [0, 0.1) is 6.92 Å². The van der Waals surface area contributed by atoms with Crippen molar-refractivity contribution in [2.45, 2.75) is 37.5 Å². The lowest BCUT2D eigenvalue weighted by Gasteiger charge is -2.38. The SMILES string of the molecule is Cc1ccc(-c2ccc(C(=O)NC[C@H]3OC[C@H](Nc4cncc(C(F)(F)F)n4)[C@@H](O)[C@H]3O)cn2)cc1. The third-order valence-corrected chi connectivity index (χ3v) is 5.73. The molecule has 3 heterocycles. The van der Waals surface area contributed by atoms with Gasteiger partial charge in [0, 0.05) is 18.3 Å². The first kappa shape index (κ1) is 25.5. The highest BCUT2D eigenvalue weighted by Crippen LogP contribution is 2.28. The first-order chi connectivity index (χ1) is 17.1. The number of halogens is 3. The molecule has 0 saturated carbocycles. The van der Waals surface area contributed by atoms with Crippen LogP contribution in [0.5, 0.6) is 0 Å². The number of aliphatic hydroxyl groups is 2. The molecule has 1 saturated heterocycles. The summed E-state index contributed by atoms with van der Waals surface area (Å²) in [6.07, 6.45) is -5.34. The van der Waals surface area contributed by atoms with E-state index >= 15 is 0 Å². The van der Waals surface area contributed by atoms with E-state index in [1.807, 2.05) is 31.2 Å². The zero-order chi connectivity index (χ0) is 25.9. The predicted octanol–water partition coefficient (Wildman–Crippen LogP) is 2.20. The lowest BCUT2D eigenvalue weighted by molar-refractivity contribution is -0.141. The molecule has 4 N–H and O–H groups in total. The van der Waals surface area contributed by atoms with E-state index in [0.29, 0.717) is 17.5 Å². The Labute approximate surface area is 204 Å². The lowest BCUT2D eigenvalue weighted by atomic mass is 9.98. The number of aryl methyl sites for hydroxylation is 1. The second-order valence-electron chi connectivity index (χ2n) is 8.40. The normalized spacial score (nSPS) is 22.2. The van der Waals surface area contributed by atoms with Crippen molar-refractivity contribution in [3.63, 3.8) is 0 Å². The Hall–Kier alpha value is -3.61. The van der Waals surface area contributed by atoms with Crippen LogP contribution < -0.4 is 10.6 Å². The van der Waals surface area contributed by atoms with E-state index in [1.165, 1.54) is 6.20 Å². The maximum atomic E-state index is 12.8. The van der Waals surface area contributed by atoms with Crippen molar-refractivity contribution in [1.82, 2.24) is 20.3 Å². The zero-order valence-corrected chi connectivity index (χ0v) is 19.1. The van der Waals surface area contributed by atoms with Gasteiger partial charge >= 0.3 is 6.18 Å². The number of carbonyl (C=O) groups excluding carboxylic acids is 1. The summed E-state index contributed by atoms with van der Waals surface area (Å²) in [5.74, 6) is -0.666. The molecule has 190 valence electrons. The van der Waals surface area contributed by atoms with E-state index in [9.17, 15) is 28.2 Å². The highest BCUT2D eigenvalue weighted by Gasteiger charge is 2.39. The molecule has 1 amide bonds. The van der Waals surface area contributed by atoms with Crippen LogP contribution >= 0.6 is 0 Å². The fraction of sp³-hybridized carbons (Fsp3) is 0.333. The molecular formula is C24H24F3N5O4. The Morgan fingerprint density at radius 1 is 1.08 bits per heavy atom. The number of carbonyl (C=O) groups is 1. The van der Waals surface area contributed by atoms with Gasteiger partial charge in [0.25, 0.3) is 5.91 Å². The van der Waals surface area contributed by atoms with Gasteiger partial charge < -0.3 is 25.6 Å². The van der Waals surface area contributed by atoms with Crippen molar-refractivity contribution in [1.29, 1.82) is 0 Å². The molecule has 0 aliphatic carbocycles. The van der Waals surface area contributed by atoms with E-state index in [1.54, 1.807) is 12.1 Å². The molecule has 9 nitrogen and oxygen atoms in total. The van der Waals surface area contributed by atoms with Crippen molar-refractivity contribution >= 4 is 11.7 Å². The summed E-state index contributed by atoms with van der Waals surface area (Å²) in [6.45, 7) is 1.73. The second-order valence-corrected chi connectivity index (χ2v) is 8.40. The van der Waals surface area contributed by atoms with Crippen LogP contribution in [0.1, 0.15) is 21.6 Å². The number of hydrogen-bond acceptors (Lipinski definition) is 8. The van der Waals surface area contributed by atoms with Gasteiger partial charge in [-0.3, -0.25) is 14.8 Å². The van der Waals surface area contributed by atoms with Gasteiger partial charge in [0.15, 0.2) is 5.69 Å². The van der Waals surface area contributed by atoms with Gasteiger partial charge in [-0.15, -0.1) is 0 Å². The summed E-state index contributed by atoms with van der Waals surface area (Å²) >= 11 is 0. The molecule has 2 aromatic heterocycles. The molecule has 1 fully saturated rings. The molecule has 0 unspecified atom stereocenters. The smallest absolute Gasteiger partial charge is 0.388 e. The number of rotatable bonds is 6. The number of aromatic nitrogens is 3. The van der Waals surface area contributed by atoms with Gasteiger partial charge in [0.2, 0.25) is 0 Å². The van der Waals surface area contributed by atoms with E-state index in [2.05, 4.69) is 25.6 Å². The summed E-state index contributed by atoms with van der Waals surface area (Å²) in [7, 11) is 0. The van der Waals surface area contributed by atoms with Crippen LogP contribution in [0.3, 0.4) is 0 Å². The minimum atomic E-state index is -4.67. The molecule has 0 bridgehead atoms. The van der Waals surface area contributed by atoms with E-state index < -0.39 is 42.1 Å².